The Morgan fingerprint density at radius 3 is 2.70 bits per heavy atom. The first-order chi connectivity index (χ1) is 4.84. The molecule has 0 aliphatic carbocycles. The van der Waals surface area contributed by atoms with Gasteiger partial charge in [0.2, 0.25) is 0 Å². The van der Waals surface area contributed by atoms with Gasteiger partial charge in [-0.2, -0.15) is 0 Å². The highest BCUT2D eigenvalue weighted by Crippen LogP contribution is 2.12. The summed E-state index contributed by atoms with van der Waals surface area (Å²) in [6.45, 7) is 0. The number of phenols is 1. The van der Waals surface area contributed by atoms with Gasteiger partial charge in [-0.25, -0.2) is 3.21 Å². The van der Waals surface area contributed by atoms with E-state index in [-0.39, 0.29) is 5.75 Å². The summed E-state index contributed by atoms with van der Waals surface area (Å²) < 4.78 is 3.75. The van der Waals surface area contributed by atoms with Gasteiger partial charge in [-0.3, -0.25) is 0 Å². The van der Waals surface area contributed by atoms with E-state index in [1.807, 2.05) is 28.9 Å². The zero-order chi connectivity index (χ0) is 7.40. The first kappa shape index (κ1) is 7.53. The molecule has 1 N–H and O–H groups in total. The van der Waals surface area contributed by atoms with Gasteiger partial charge in [-0.1, -0.05) is 12.1 Å². The number of rotatable bonds is 1. The van der Waals surface area contributed by atoms with Gasteiger partial charge in [0.15, 0.2) is 0 Å². The van der Waals surface area contributed by atoms with E-state index < -0.39 is 0 Å². The number of nitrogens with zero attached hydrogens (tertiary/aromatic N) is 1. The Kier molecular flexibility index (Phi) is 2.68. The molecule has 0 saturated carbocycles. The molecule has 0 amide bonds. The van der Waals surface area contributed by atoms with Crippen molar-refractivity contribution < 1.29 is 5.11 Å². The van der Waals surface area contributed by atoms with Crippen LogP contribution in [0.3, 0.4) is 0 Å². The van der Waals surface area contributed by atoms with Crippen LogP contribution in [0.15, 0.2) is 27.5 Å². The van der Waals surface area contributed by atoms with Crippen LogP contribution in [0.25, 0.3) is 0 Å². The molecule has 0 aliphatic heterocycles. The standard InChI is InChI=1S/C7H6INO/c8-9-5-6-3-1-2-4-7(6)10/h1-5,10H/b9-5-. The molecule has 2 nitrogen and oxygen atoms in total. The van der Waals surface area contributed by atoms with Crippen LogP contribution in [-0.4, -0.2) is 11.3 Å². The quantitative estimate of drug-likeness (QED) is 0.598. The van der Waals surface area contributed by atoms with Crippen molar-refractivity contribution in [1.82, 2.24) is 0 Å². The fraction of sp³-hybridized carbons (Fsp3) is 0. The van der Waals surface area contributed by atoms with Crippen molar-refractivity contribution in [1.29, 1.82) is 0 Å². The highest BCUT2D eigenvalue weighted by molar-refractivity contribution is 14.1. The van der Waals surface area contributed by atoms with Gasteiger partial charge < -0.3 is 5.11 Å². The van der Waals surface area contributed by atoms with Gasteiger partial charge in [0.05, 0.1) is 22.9 Å². The van der Waals surface area contributed by atoms with Crippen LogP contribution < -0.4 is 0 Å². The minimum atomic E-state index is 0.267. The molecule has 1 rings (SSSR count). The maximum atomic E-state index is 9.15. The summed E-state index contributed by atoms with van der Waals surface area (Å²) in [5.41, 5.74) is 0.747. The Morgan fingerprint density at radius 1 is 1.40 bits per heavy atom. The number of aromatic hydroxyl groups is 1. The highest BCUT2D eigenvalue weighted by Gasteiger charge is 1.92. The van der Waals surface area contributed by atoms with Gasteiger partial charge in [-0.15, -0.1) is 0 Å². The van der Waals surface area contributed by atoms with E-state index in [2.05, 4.69) is 3.21 Å². The summed E-state index contributed by atoms with van der Waals surface area (Å²) in [6, 6.07) is 7.07. The lowest BCUT2D eigenvalue weighted by molar-refractivity contribution is 0.474. The molecule has 0 unspecified atom stereocenters. The van der Waals surface area contributed by atoms with Crippen LogP contribution in [0.1, 0.15) is 5.56 Å². The van der Waals surface area contributed by atoms with Crippen molar-refractivity contribution in [3.8, 4) is 5.75 Å². The summed E-state index contributed by atoms with van der Waals surface area (Å²) in [5.74, 6) is 0.267. The van der Waals surface area contributed by atoms with Crippen LogP contribution in [-0.2, 0) is 0 Å². The van der Waals surface area contributed by atoms with Gasteiger partial charge in [-0.05, 0) is 12.1 Å². The minimum Gasteiger partial charge on any atom is -0.507 e. The predicted octanol–water partition coefficient (Wildman–Crippen LogP) is 2.16. The number of benzene rings is 1. The van der Waals surface area contributed by atoms with E-state index >= 15 is 0 Å². The molecule has 0 spiro atoms. The molecule has 0 heterocycles. The lowest BCUT2D eigenvalue weighted by Gasteiger charge is -1.93. The topological polar surface area (TPSA) is 32.6 Å². The summed E-state index contributed by atoms with van der Waals surface area (Å²) >= 11 is 1.87. The van der Waals surface area contributed by atoms with Gasteiger partial charge in [0, 0.05) is 11.8 Å². The molecule has 0 saturated heterocycles. The molecule has 1 aromatic carbocycles. The fourth-order valence-corrected chi connectivity index (χ4v) is 0.949. The molecule has 0 atom stereocenters. The molecular formula is C7H6INO. The third-order valence-electron chi connectivity index (χ3n) is 1.12. The van der Waals surface area contributed by atoms with Gasteiger partial charge >= 0.3 is 0 Å². The van der Waals surface area contributed by atoms with Gasteiger partial charge in [0.1, 0.15) is 5.75 Å². The normalized spacial score (nSPS) is 10.5. The van der Waals surface area contributed by atoms with Crippen molar-refractivity contribution in [3.63, 3.8) is 0 Å². The second-order valence-electron chi connectivity index (χ2n) is 1.79. The first-order valence-corrected chi connectivity index (χ1v) is 3.73. The summed E-state index contributed by atoms with van der Waals surface area (Å²) in [4.78, 5) is 0. The SMILES string of the molecule is Oc1ccccc1/C=N\I. The van der Waals surface area contributed by atoms with Crippen LogP contribution in [0.5, 0.6) is 5.75 Å². The van der Waals surface area contributed by atoms with Crippen molar-refractivity contribution >= 4 is 29.1 Å². The van der Waals surface area contributed by atoms with Crippen LogP contribution in [0.4, 0.5) is 0 Å². The molecule has 1 aromatic rings. The van der Waals surface area contributed by atoms with E-state index in [1.165, 1.54) is 0 Å². The van der Waals surface area contributed by atoms with Gasteiger partial charge in [0.25, 0.3) is 0 Å². The third kappa shape index (κ3) is 1.70. The van der Waals surface area contributed by atoms with E-state index in [9.17, 15) is 0 Å². The average Bonchev–Trinajstić information content (AvgIpc) is 1.94. The number of para-hydroxylation sites is 1. The average molecular weight is 247 g/mol. The summed E-state index contributed by atoms with van der Waals surface area (Å²) in [7, 11) is 0. The lowest BCUT2D eigenvalue weighted by Crippen LogP contribution is -1.78. The summed E-state index contributed by atoms with van der Waals surface area (Å²) in [6.07, 6.45) is 1.61. The maximum absolute atomic E-state index is 9.15. The minimum absolute atomic E-state index is 0.267. The fourth-order valence-electron chi connectivity index (χ4n) is 0.649. The Bertz CT molecular complexity index is 247. The third-order valence-corrected chi connectivity index (χ3v) is 1.40. The molecule has 0 bridgehead atoms. The molecule has 0 radical (unpaired) electrons. The highest BCUT2D eigenvalue weighted by atomic mass is 127. The zero-order valence-electron chi connectivity index (χ0n) is 5.16. The second-order valence-corrected chi connectivity index (χ2v) is 2.34. The lowest BCUT2D eigenvalue weighted by atomic mass is 10.2. The van der Waals surface area contributed by atoms with Crippen molar-refractivity contribution in [2.45, 2.75) is 0 Å². The Hall–Kier alpha value is -0.580. The van der Waals surface area contributed by atoms with Crippen LogP contribution >= 0.6 is 22.9 Å². The van der Waals surface area contributed by atoms with E-state index in [4.69, 9.17) is 5.11 Å². The van der Waals surface area contributed by atoms with Crippen molar-refractivity contribution in [2.24, 2.45) is 3.21 Å². The summed E-state index contributed by atoms with van der Waals surface area (Å²) in [5, 5.41) is 9.15. The zero-order valence-corrected chi connectivity index (χ0v) is 7.32. The number of phenolic OH excluding ortho intramolecular Hbond substituents is 1. The Morgan fingerprint density at radius 2 is 2.10 bits per heavy atom. The molecule has 0 aliphatic rings. The van der Waals surface area contributed by atoms with E-state index in [0.717, 1.165) is 5.56 Å². The monoisotopic (exact) mass is 247 g/mol. The van der Waals surface area contributed by atoms with Crippen LogP contribution in [0, 0.1) is 0 Å². The predicted molar refractivity (Wildman–Crippen MR) is 49.7 cm³/mol. The smallest absolute Gasteiger partial charge is 0.124 e. The number of hydrogen-bond donors (Lipinski definition) is 1. The number of halogens is 1. The van der Waals surface area contributed by atoms with E-state index in [0.29, 0.717) is 0 Å². The second kappa shape index (κ2) is 3.55. The van der Waals surface area contributed by atoms with Crippen molar-refractivity contribution in [2.75, 3.05) is 0 Å². The molecule has 52 valence electrons. The molecular weight excluding hydrogens is 241 g/mol. The van der Waals surface area contributed by atoms with Crippen molar-refractivity contribution in [3.05, 3.63) is 29.8 Å². The maximum Gasteiger partial charge on any atom is 0.124 e. The first-order valence-electron chi connectivity index (χ1n) is 2.77. The van der Waals surface area contributed by atoms with Crippen LogP contribution in [0.2, 0.25) is 0 Å². The Balaban J connectivity index is 3.03. The molecule has 0 fully saturated rings. The number of hydrogen-bond acceptors (Lipinski definition) is 2. The van der Waals surface area contributed by atoms with E-state index in [1.54, 1.807) is 24.4 Å². The largest absolute Gasteiger partial charge is 0.507 e. The molecule has 3 heteroatoms. The molecule has 0 aromatic heterocycles. The Labute approximate surface area is 73.1 Å². The molecule has 10 heavy (non-hydrogen) atoms.